The fourth-order valence-electron chi connectivity index (χ4n) is 1.65. The molecule has 0 aliphatic rings. The van der Waals surface area contributed by atoms with Crippen LogP contribution in [-0.4, -0.2) is 42.5 Å². The average molecular weight is 249 g/mol. The van der Waals surface area contributed by atoms with Crippen LogP contribution in [0.3, 0.4) is 0 Å². The zero-order chi connectivity index (χ0) is 13.4. The largest absolute Gasteiger partial charge is 0.394 e. The van der Waals surface area contributed by atoms with Gasteiger partial charge in [-0.25, -0.2) is 4.98 Å². The first-order valence-corrected chi connectivity index (χ1v) is 6.01. The van der Waals surface area contributed by atoms with E-state index in [0.29, 0.717) is 31.1 Å². The summed E-state index contributed by atoms with van der Waals surface area (Å²) in [5.74, 6) is 0.683. The van der Waals surface area contributed by atoms with Crippen LogP contribution < -0.4 is 4.90 Å². The smallest absolute Gasteiger partial charge is 0.146 e. The average Bonchev–Trinajstić information content (AvgIpc) is 2.38. The first-order chi connectivity index (χ1) is 8.70. The van der Waals surface area contributed by atoms with Gasteiger partial charge in [-0.3, -0.25) is 0 Å². The van der Waals surface area contributed by atoms with E-state index in [1.807, 2.05) is 18.7 Å². The number of rotatable bonds is 7. The van der Waals surface area contributed by atoms with E-state index in [0.717, 1.165) is 0 Å². The Balaban J connectivity index is 2.75. The van der Waals surface area contributed by atoms with Crippen LogP contribution in [0.25, 0.3) is 0 Å². The Hall–Kier alpha value is -1.64. The maximum atomic E-state index is 9.08. The third kappa shape index (κ3) is 3.99. The van der Waals surface area contributed by atoms with E-state index < -0.39 is 0 Å². The second-order valence-corrected chi connectivity index (χ2v) is 4.11. The van der Waals surface area contributed by atoms with Crippen molar-refractivity contribution >= 4 is 5.82 Å². The molecule has 18 heavy (non-hydrogen) atoms. The molecule has 0 atom stereocenters. The third-order valence-corrected chi connectivity index (χ3v) is 2.51. The maximum absolute atomic E-state index is 9.08. The summed E-state index contributed by atoms with van der Waals surface area (Å²) in [7, 11) is 0. The van der Waals surface area contributed by atoms with Crippen LogP contribution in [0, 0.1) is 11.3 Å². The predicted molar refractivity (Wildman–Crippen MR) is 69.3 cm³/mol. The highest BCUT2D eigenvalue weighted by molar-refractivity contribution is 5.53. The second-order valence-electron chi connectivity index (χ2n) is 4.11. The van der Waals surface area contributed by atoms with Crippen LogP contribution in [-0.2, 0) is 4.74 Å². The second kappa shape index (κ2) is 7.64. The van der Waals surface area contributed by atoms with Gasteiger partial charge in [0, 0.05) is 18.8 Å². The molecule has 0 amide bonds. The van der Waals surface area contributed by atoms with Crippen molar-refractivity contribution in [2.45, 2.75) is 19.9 Å². The molecule has 0 fully saturated rings. The van der Waals surface area contributed by atoms with E-state index in [2.05, 4.69) is 11.1 Å². The molecule has 5 heteroatoms. The molecule has 0 spiro atoms. The molecule has 0 aromatic carbocycles. The summed E-state index contributed by atoms with van der Waals surface area (Å²) < 4.78 is 5.26. The summed E-state index contributed by atoms with van der Waals surface area (Å²) in [6.45, 7) is 5.58. The van der Waals surface area contributed by atoms with E-state index >= 15 is 0 Å². The number of anilines is 1. The van der Waals surface area contributed by atoms with Gasteiger partial charge >= 0.3 is 0 Å². The Morgan fingerprint density at radius 3 is 2.89 bits per heavy atom. The molecule has 0 aliphatic heterocycles. The maximum Gasteiger partial charge on any atom is 0.146 e. The van der Waals surface area contributed by atoms with Crippen molar-refractivity contribution in [3.8, 4) is 6.07 Å². The molecule has 0 unspecified atom stereocenters. The number of hydrogen-bond donors (Lipinski definition) is 1. The number of hydrogen-bond acceptors (Lipinski definition) is 5. The highest BCUT2D eigenvalue weighted by Gasteiger charge is 2.15. The summed E-state index contributed by atoms with van der Waals surface area (Å²) in [5.41, 5.74) is 0.563. The first-order valence-electron chi connectivity index (χ1n) is 6.01. The SMILES string of the molecule is CC(C)N(CCOCCO)c1ncccc1C#N. The number of aliphatic hydroxyl groups excluding tert-OH is 1. The van der Waals surface area contributed by atoms with Crippen molar-refractivity contribution in [3.63, 3.8) is 0 Å². The Kier molecular flexibility index (Phi) is 6.12. The van der Waals surface area contributed by atoms with Crippen molar-refractivity contribution in [2.24, 2.45) is 0 Å². The Morgan fingerprint density at radius 1 is 1.50 bits per heavy atom. The molecule has 5 nitrogen and oxygen atoms in total. The van der Waals surface area contributed by atoms with Gasteiger partial charge in [0.15, 0.2) is 0 Å². The fourth-order valence-corrected chi connectivity index (χ4v) is 1.65. The van der Waals surface area contributed by atoms with E-state index in [1.165, 1.54) is 0 Å². The molecule has 0 bridgehead atoms. The van der Waals surface area contributed by atoms with Gasteiger partial charge < -0.3 is 14.7 Å². The lowest BCUT2D eigenvalue weighted by molar-refractivity contribution is 0.0960. The number of ether oxygens (including phenoxy) is 1. The molecular weight excluding hydrogens is 230 g/mol. The fraction of sp³-hybridized carbons (Fsp3) is 0.538. The quantitative estimate of drug-likeness (QED) is 0.735. The van der Waals surface area contributed by atoms with Gasteiger partial charge in [-0.1, -0.05) is 0 Å². The van der Waals surface area contributed by atoms with E-state index in [1.54, 1.807) is 18.3 Å². The summed E-state index contributed by atoms with van der Waals surface area (Å²) in [6, 6.07) is 5.88. The molecule has 1 aromatic heterocycles. The van der Waals surface area contributed by atoms with Crippen LogP contribution in [0.15, 0.2) is 18.3 Å². The monoisotopic (exact) mass is 249 g/mol. The van der Waals surface area contributed by atoms with Crippen LogP contribution in [0.5, 0.6) is 0 Å². The molecule has 0 radical (unpaired) electrons. The molecule has 1 heterocycles. The van der Waals surface area contributed by atoms with E-state index in [9.17, 15) is 0 Å². The molecule has 0 aliphatic carbocycles. The summed E-state index contributed by atoms with van der Waals surface area (Å²) in [6.07, 6.45) is 1.68. The lowest BCUT2D eigenvalue weighted by atomic mass is 10.2. The minimum Gasteiger partial charge on any atom is -0.394 e. The number of nitrogens with zero attached hydrogens (tertiary/aromatic N) is 3. The van der Waals surface area contributed by atoms with Gasteiger partial charge in [-0.15, -0.1) is 0 Å². The minimum absolute atomic E-state index is 0.0225. The van der Waals surface area contributed by atoms with Crippen LogP contribution in [0.4, 0.5) is 5.82 Å². The predicted octanol–water partition coefficient (Wildman–Crippen LogP) is 1.18. The molecule has 98 valence electrons. The number of aliphatic hydroxyl groups is 1. The van der Waals surface area contributed by atoms with Crippen molar-refractivity contribution in [1.29, 1.82) is 5.26 Å². The number of nitriles is 1. The standard InChI is InChI=1S/C13H19N3O2/c1-11(2)16(6-8-18-9-7-17)13-12(10-14)4-3-5-15-13/h3-5,11,17H,6-9H2,1-2H3. The Labute approximate surface area is 108 Å². The Morgan fingerprint density at radius 2 is 2.28 bits per heavy atom. The molecule has 1 rings (SSSR count). The van der Waals surface area contributed by atoms with Gasteiger partial charge in [0.2, 0.25) is 0 Å². The highest BCUT2D eigenvalue weighted by Crippen LogP contribution is 2.18. The zero-order valence-corrected chi connectivity index (χ0v) is 10.8. The first kappa shape index (κ1) is 14.4. The molecule has 1 N–H and O–H groups in total. The third-order valence-electron chi connectivity index (χ3n) is 2.51. The molecule has 0 saturated heterocycles. The number of aromatic nitrogens is 1. The lowest BCUT2D eigenvalue weighted by Gasteiger charge is -2.28. The summed E-state index contributed by atoms with van der Waals surface area (Å²) in [5, 5.41) is 17.7. The van der Waals surface area contributed by atoms with E-state index in [4.69, 9.17) is 15.1 Å². The highest BCUT2D eigenvalue weighted by atomic mass is 16.5. The van der Waals surface area contributed by atoms with Gasteiger partial charge in [-0.05, 0) is 26.0 Å². The van der Waals surface area contributed by atoms with Gasteiger partial charge in [0.25, 0.3) is 0 Å². The lowest BCUT2D eigenvalue weighted by Crippen LogP contribution is -2.35. The van der Waals surface area contributed by atoms with Crippen molar-refractivity contribution in [2.75, 3.05) is 31.3 Å². The topological polar surface area (TPSA) is 69.4 Å². The minimum atomic E-state index is 0.0225. The normalized spacial score (nSPS) is 10.4. The van der Waals surface area contributed by atoms with Gasteiger partial charge in [-0.2, -0.15) is 5.26 Å². The van der Waals surface area contributed by atoms with Gasteiger partial charge in [0.05, 0.1) is 25.4 Å². The van der Waals surface area contributed by atoms with Crippen LogP contribution in [0.1, 0.15) is 19.4 Å². The van der Waals surface area contributed by atoms with Gasteiger partial charge in [0.1, 0.15) is 11.9 Å². The van der Waals surface area contributed by atoms with Crippen molar-refractivity contribution in [1.82, 2.24) is 4.98 Å². The zero-order valence-electron chi connectivity index (χ0n) is 10.8. The Bertz CT molecular complexity index is 401. The van der Waals surface area contributed by atoms with Crippen LogP contribution >= 0.6 is 0 Å². The molecule has 1 aromatic rings. The summed E-state index contributed by atoms with van der Waals surface area (Å²) >= 11 is 0. The molecular formula is C13H19N3O2. The molecule has 0 saturated carbocycles. The van der Waals surface area contributed by atoms with Crippen molar-refractivity contribution in [3.05, 3.63) is 23.9 Å². The van der Waals surface area contributed by atoms with Crippen LogP contribution in [0.2, 0.25) is 0 Å². The van der Waals surface area contributed by atoms with E-state index in [-0.39, 0.29) is 12.6 Å². The van der Waals surface area contributed by atoms with Crippen molar-refractivity contribution < 1.29 is 9.84 Å². The number of pyridine rings is 1. The summed E-state index contributed by atoms with van der Waals surface area (Å²) in [4.78, 5) is 6.29.